The van der Waals surface area contributed by atoms with Crippen molar-refractivity contribution in [3.63, 3.8) is 0 Å². The molecular weight excluding hydrogens is 352 g/mol. The van der Waals surface area contributed by atoms with Gasteiger partial charge in [-0.05, 0) is 54.1 Å². The number of thioether (sulfide) groups is 1. The smallest absolute Gasteiger partial charge is 0.233 e. The van der Waals surface area contributed by atoms with E-state index < -0.39 is 0 Å². The molecule has 1 aromatic heterocycles. The van der Waals surface area contributed by atoms with Crippen LogP contribution >= 0.6 is 23.1 Å². The zero-order chi connectivity index (χ0) is 17.8. The summed E-state index contributed by atoms with van der Waals surface area (Å²) in [5, 5.41) is 4.88. The molecule has 0 spiro atoms. The van der Waals surface area contributed by atoms with Gasteiger partial charge in [-0.2, -0.15) is 0 Å². The van der Waals surface area contributed by atoms with Gasteiger partial charge < -0.3 is 10.2 Å². The van der Waals surface area contributed by atoms with Gasteiger partial charge in [-0.15, -0.1) is 23.1 Å². The number of amides is 2. The lowest BCUT2D eigenvalue weighted by Crippen LogP contribution is -2.40. The Kier molecular flexibility index (Phi) is 5.81. The molecule has 132 valence electrons. The van der Waals surface area contributed by atoms with Gasteiger partial charge >= 0.3 is 0 Å². The maximum Gasteiger partial charge on any atom is 0.233 e. The minimum absolute atomic E-state index is 0.0842. The van der Waals surface area contributed by atoms with E-state index in [1.165, 1.54) is 17.4 Å². The Labute approximate surface area is 156 Å². The van der Waals surface area contributed by atoms with Crippen LogP contribution in [0.2, 0.25) is 0 Å². The first kappa shape index (κ1) is 18.0. The number of thiophene rings is 1. The Morgan fingerprint density at radius 1 is 1.28 bits per heavy atom. The molecule has 2 aromatic rings. The molecule has 4 nitrogen and oxygen atoms in total. The molecule has 6 heteroatoms. The summed E-state index contributed by atoms with van der Waals surface area (Å²) in [7, 11) is 0. The molecule has 1 atom stereocenters. The molecule has 2 amide bonds. The van der Waals surface area contributed by atoms with E-state index in [2.05, 4.69) is 23.7 Å². The zero-order valence-corrected chi connectivity index (χ0v) is 16.1. The third-order valence-electron chi connectivity index (χ3n) is 4.34. The fraction of sp³-hybridized carbons (Fsp3) is 0.368. The summed E-state index contributed by atoms with van der Waals surface area (Å²) in [5.74, 6) is 0.550. The standard InChI is InChI=1S/C19H22N2O2S2/c1-3-17-16-9-11-24-18(16)8-10-21(17)19(23)12-25-15-6-4-14(5-7-15)20-13(2)22/h4-7,9,11,17H,3,8,10,12H2,1-2H3,(H,20,22)/t17-/m0/s1. The van der Waals surface area contributed by atoms with Gasteiger partial charge in [0.2, 0.25) is 11.8 Å². The fourth-order valence-electron chi connectivity index (χ4n) is 3.20. The number of hydrogen-bond acceptors (Lipinski definition) is 4. The Balaban J connectivity index is 1.60. The fourth-order valence-corrected chi connectivity index (χ4v) is 4.91. The Bertz CT molecular complexity index is 755. The first-order valence-electron chi connectivity index (χ1n) is 8.44. The van der Waals surface area contributed by atoms with Crippen molar-refractivity contribution in [3.8, 4) is 0 Å². The van der Waals surface area contributed by atoms with Crippen molar-refractivity contribution in [2.75, 3.05) is 17.6 Å². The molecule has 0 saturated heterocycles. The molecule has 0 bridgehead atoms. The van der Waals surface area contributed by atoms with Crippen LogP contribution in [0, 0.1) is 0 Å². The van der Waals surface area contributed by atoms with Gasteiger partial charge in [0.1, 0.15) is 0 Å². The summed E-state index contributed by atoms with van der Waals surface area (Å²) in [5.41, 5.74) is 2.10. The number of anilines is 1. The number of carbonyl (C=O) groups is 2. The van der Waals surface area contributed by atoms with E-state index in [1.54, 1.807) is 23.1 Å². The van der Waals surface area contributed by atoms with E-state index in [9.17, 15) is 9.59 Å². The van der Waals surface area contributed by atoms with Crippen molar-refractivity contribution in [2.24, 2.45) is 0 Å². The molecule has 0 aliphatic carbocycles. The monoisotopic (exact) mass is 374 g/mol. The highest BCUT2D eigenvalue weighted by Crippen LogP contribution is 2.35. The summed E-state index contributed by atoms with van der Waals surface area (Å²) in [6.45, 7) is 4.45. The molecule has 3 rings (SSSR count). The Morgan fingerprint density at radius 2 is 2.04 bits per heavy atom. The second-order valence-corrected chi connectivity index (χ2v) is 8.10. The van der Waals surface area contributed by atoms with E-state index in [0.29, 0.717) is 5.75 Å². The molecule has 1 aromatic carbocycles. The average Bonchev–Trinajstić information content (AvgIpc) is 3.08. The predicted octanol–water partition coefficient (Wildman–Crippen LogP) is 4.33. The lowest BCUT2D eigenvalue weighted by molar-refractivity contribution is -0.131. The molecule has 25 heavy (non-hydrogen) atoms. The Morgan fingerprint density at radius 3 is 2.72 bits per heavy atom. The van der Waals surface area contributed by atoms with Gasteiger partial charge in [0.05, 0.1) is 11.8 Å². The first-order chi connectivity index (χ1) is 12.1. The van der Waals surface area contributed by atoms with Crippen LogP contribution in [0.5, 0.6) is 0 Å². The lowest BCUT2D eigenvalue weighted by atomic mass is 9.98. The summed E-state index contributed by atoms with van der Waals surface area (Å²) >= 11 is 3.35. The highest BCUT2D eigenvalue weighted by atomic mass is 32.2. The van der Waals surface area contributed by atoms with Crippen molar-refractivity contribution < 1.29 is 9.59 Å². The highest BCUT2D eigenvalue weighted by molar-refractivity contribution is 8.00. The molecule has 2 heterocycles. The number of fused-ring (bicyclic) bond motifs is 1. The number of carbonyl (C=O) groups excluding carboxylic acids is 2. The minimum atomic E-state index is -0.0842. The van der Waals surface area contributed by atoms with Crippen LogP contribution in [0.3, 0.4) is 0 Å². The summed E-state index contributed by atoms with van der Waals surface area (Å²) in [6, 6.07) is 9.98. The second kappa shape index (κ2) is 8.06. The van der Waals surface area contributed by atoms with Crippen LogP contribution in [0.15, 0.2) is 40.6 Å². The molecule has 0 fully saturated rings. The van der Waals surface area contributed by atoms with E-state index in [0.717, 1.165) is 30.0 Å². The van der Waals surface area contributed by atoms with Gasteiger partial charge in [0.25, 0.3) is 0 Å². The SMILES string of the molecule is CC[C@H]1c2ccsc2CCN1C(=O)CSc1ccc(NC(C)=O)cc1. The quantitative estimate of drug-likeness (QED) is 0.792. The van der Waals surface area contributed by atoms with Gasteiger partial charge in [0, 0.05) is 28.9 Å². The molecule has 1 N–H and O–H groups in total. The molecule has 0 unspecified atom stereocenters. The topological polar surface area (TPSA) is 49.4 Å². The van der Waals surface area contributed by atoms with E-state index in [-0.39, 0.29) is 17.9 Å². The average molecular weight is 375 g/mol. The van der Waals surface area contributed by atoms with Crippen LogP contribution in [0.25, 0.3) is 0 Å². The van der Waals surface area contributed by atoms with Crippen molar-refractivity contribution in [1.82, 2.24) is 4.90 Å². The van der Waals surface area contributed by atoms with Crippen LogP contribution in [0.1, 0.15) is 36.8 Å². The van der Waals surface area contributed by atoms with Crippen molar-refractivity contribution in [3.05, 3.63) is 46.2 Å². The van der Waals surface area contributed by atoms with Crippen LogP contribution < -0.4 is 5.32 Å². The number of benzene rings is 1. The van der Waals surface area contributed by atoms with Crippen molar-refractivity contribution in [2.45, 2.75) is 37.6 Å². The summed E-state index contributed by atoms with van der Waals surface area (Å²) < 4.78 is 0. The maximum absolute atomic E-state index is 12.7. The van der Waals surface area contributed by atoms with E-state index >= 15 is 0 Å². The van der Waals surface area contributed by atoms with E-state index in [1.807, 2.05) is 29.2 Å². The normalized spacial score (nSPS) is 16.4. The van der Waals surface area contributed by atoms with Gasteiger partial charge in [0.15, 0.2) is 0 Å². The van der Waals surface area contributed by atoms with Crippen LogP contribution in [-0.4, -0.2) is 29.0 Å². The van der Waals surface area contributed by atoms with Gasteiger partial charge in [-0.25, -0.2) is 0 Å². The highest BCUT2D eigenvalue weighted by Gasteiger charge is 2.29. The summed E-state index contributed by atoms with van der Waals surface area (Å²) in [6.07, 6.45) is 1.91. The first-order valence-corrected chi connectivity index (χ1v) is 10.3. The molecule has 1 aliphatic rings. The summed E-state index contributed by atoms with van der Waals surface area (Å²) in [4.78, 5) is 28.3. The van der Waals surface area contributed by atoms with Crippen LogP contribution in [0.4, 0.5) is 5.69 Å². The van der Waals surface area contributed by atoms with Crippen molar-refractivity contribution >= 4 is 40.6 Å². The largest absolute Gasteiger partial charge is 0.335 e. The Hall–Kier alpha value is -1.79. The molecule has 0 radical (unpaired) electrons. The van der Waals surface area contributed by atoms with E-state index in [4.69, 9.17) is 0 Å². The predicted molar refractivity (Wildman–Crippen MR) is 104 cm³/mol. The molecular formula is C19H22N2O2S2. The second-order valence-electron chi connectivity index (χ2n) is 6.05. The third-order valence-corrected chi connectivity index (χ3v) is 6.33. The zero-order valence-electron chi connectivity index (χ0n) is 14.5. The van der Waals surface area contributed by atoms with Gasteiger partial charge in [-0.1, -0.05) is 6.92 Å². The number of hydrogen-bond donors (Lipinski definition) is 1. The maximum atomic E-state index is 12.7. The number of nitrogens with zero attached hydrogens (tertiary/aromatic N) is 1. The van der Waals surface area contributed by atoms with Crippen molar-refractivity contribution in [1.29, 1.82) is 0 Å². The molecule has 1 aliphatic heterocycles. The number of rotatable bonds is 5. The minimum Gasteiger partial charge on any atom is -0.335 e. The number of nitrogens with one attached hydrogen (secondary N) is 1. The lowest BCUT2D eigenvalue weighted by Gasteiger charge is -2.35. The third kappa shape index (κ3) is 4.25. The van der Waals surface area contributed by atoms with Gasteiger partial charge in [-0.3, -0.25) is 9.59 Å². The molecule has 0 saturated carbocycles. The van der Waals surface area contributed by atoms with Crippen LogP contribution in [-0.2, 0) is 16.0 Å².